The third-order valence-corrected chi connectivity index (χ3v) is 5.12. The molecule has 0 N–H and O–H groups in total. The van der Waals surface area contributed by atoms with Crippen LogP contribution in [-0.2, 0) is 13.0 Å². The van der Waals surface area contributed by atoms with Gasteiger partial charge in [0.2, 0.25) is 0 Å². The van der Waals surface area contributed by atoms with Crippen molar-refractivity contribution in [1.82, 2.24) is 19.5 Å². The fraction of sp³-hybridized carbons (Fsp3) is 0.294. The molecule has 0 aliphatic carbocycles. The van der Waals surface area contributed by atoms with Gasteiger partial charge in [0.05, 0.1) is 6.54 Å². The maximum absolute atomic E-state index is 12.8. The van der Waals surface area contributed by atoms with Crippen molar-refractivity contribution in [2.24, 2.45) is 0 Å². The number of benzene rings is 1. The van der Waals surface area contributed by atoms with Crippen LogP contribution in [0.5, 0.6) is 0 Å². The lowest BCUT2D eigenvalue weighted by atomic mass is 10.0. The fourth-order valence-electron chi connectivity index (χ4n) is 2.49. The van der Waals surface area contributed by atoms with Crippen LogP contribution in [0.4, 0.5) is 0 Å². The molecule has 0 saturated carbocycles. The van der Waals surface area contributed by atoms with Gasteiger partial charge < -0.3 is 4.90 Å². The summed E-state index contributed by atoms with van der Waals surface area (Å²) < 4.78 is 3.81. The highest BCUT2D eigenvalue weighted by atomic mass is 32.1. The summed E-state index contributed by atoms with van der Waals surface area (Å²) in [5, 5.41) is 8.48. The average Bonchev–Trinajstić information content (AvgIpc) is 3.31. The van der Waals surface area contributed by atoms with E-state index in [4.69, 9.17) is 0 Å². The van der Waals surface area contributed by atoms with Crippen LogP contribution in [0.3, 0.4) is 0 Å². The first kappa shape index (κ1) is 16.7. The summed E-state index contributed by atoms with van der Waals surface area (Å²) in [5.74, 6) is -0.0838. The van der Waals surface area contributed by atoms with Crippen molar-refractivity contribution in [3.05, 3.63) is 63.6 Å². The monoisotopic (exact) mass is 358 g/mol. The second-order valence-electron chi connectivity index (χ2n) is 5.52. The van der Waals surface area contributed by atoms with Crippen LogP contribution in [0.25, 0.3) is 0 Å². The van der Waals surface area contributed by atoms with Crippen LogP contribution in [-0.4, -0.2) is 31.4 Å². The standard InChI is InChI=1S/C17H18N4OS2/c1-13(7-8-14-5-3-2-4-6-14)21(11-16-18-9-10-23-16)17(22)15-12-24-20-19-15/h2-6,9-10,12-13H,7-8,11H2,1H3/t13-/m1/s1. The topological polar surface area (TPSA) is 59.0 Å². The Bertz CT molecular complexity index is 744. The smallest absolute Gasteiger partial charge is 0.275 e. The van der Waals surface area contributed by atoms with Gasteiger partial charge in [-0.25, -0.2) is 4.98 Å². The minimum atomic E-state index is -0.0838. The molecular formula is C17H18N4OS2. The highest BCUT2D eigenvalue weighted by Gasteiger charge is 2.24. The molecule has 0 aliphatic heterocycles. The van der Waals surface area contributed by atoms with Crippen LogP contribution in [0.2, 0.25) is 0 Å². The Morgan fingerprint density at radius 3 is 2.79 bits per heavy atom. The van der Waals surface area contributed by atoms with E-state index in [0.717, 1.165) is 17.8 Å². The van der Waals surface area contributed by atoms with E-state index in [2.05, 4.69) is 33.6 Å². The second kappa shape index (κ2) is 8.12. The first-order valence-corrected chi connectivity index (χ1v) is 9.46. The van der Waals surface area contributed by atoms with Gasteiger partial charge >= 0.3 is 0 Å². The normalized spacial score (nSPS) is 12.0. The summed E-state index contributed by atoms with van der Waals surface area (Å²) in [7, 11) is 0. The van der Waals surface area contributed by atoms with Crippen molar-refractivity contribution >= 4 is 28.8 Å². The first-order valence-electron chi connectivity index (χ1n) is 7.74. The minimum Gasteiger partial charge on any atom is -0.328 e. The summed E-state index contributed by atoms with van der Waals surface area (Å²) in [4.78, 5) is 18.9. The Morgan fingerprint density at radius 1 is 1.29 bits per heavy atom. The summed E-state index contributed by atoms with van der Waals surface area (Å²) in [6.45, 7) is 2.58. The number of amides is 1. The zero-order valence-corrected chi connectivity index (χ0v) is 15.0. The first-order chi connectivity index (χ1) is 11.7. The number of hydrogen-bond donors (Lipinski definition) is 0. The molecule has 1 amide bonds. The quantitative estimate of drug-likeness (QED) is 0.647. The Kier molecular flexibility index (Phi) is 5.66. The molecule has 24 heavy (non-hydrogen) atoms. The van der Waals surface area contributed by atoms with Crippen LogP contribution in [0.1, 0.15) is 34.4 Å². The lowest BCUT2D eigenvalue weighted by Crippen LogP contribution is -2.38. The van der Waals surface area contributed by atoms with Crippen LogP contribution >= 0.6 is 22.9 Å². The van der Waals surface area contributed by atoms with E-state index < -0.39 is 0 Å². The third kappa shape index (κ3) is 4.24. The molecule has 1 atom stereocenters. The average molecular weight is 358 g/mol. The van der Waals surface area contributed by atoms with Gasteiger partial charge in [-0.15, -0.1) is 16.4 Å². The van der Waals surface area contributed by atoms with Gasteiger partial charge in [-0.05, 0) is 36.9 Å². The van der Waals surface area contributed by atoms with E-state index in [1.54, 1.807) is 22.9 Å². The number of aromatic nitrogens is 3. The largest absolute Gasteiger partial charge is 0.328 e. The maximum atomic E-state index is 12.8. The number of hydrogen-bond acceptors (Lipinski definition) is 6. The van der Waals surface area contributed by atoms with Crippen LogP contribution in [0.15, 0.2) is 47.3 Å². The number of aryl methyl sites for hydroxylation is 1. The predicted molar refractivity (Wildman–Crippen MR) is 96.1 cm³/mol. The molecule has 0 fully saturated rings. The zero-order chi connectivity index (χ0) is 16.8. The molecule has 3 aromatic rings. The van der Waals surface area contributed by atoms with Crippen LogP contribution < -0.4 is 0 Å². The van der Waals surface area contributed by atoms with Crippen molar-refractivity contribution in [3.8, 4) is 0 Å². The van der Waals surface area contributed by atoms with Gasteiger partial charge in [0.25, 0.3) is 5.91 Å². The molecule has 1 aromatic carbocycles. The molecular weight excluding hydrogens is 340 g/mol. The molecule has 5 nitrogen and oxygen atoms in total. The van der Waals surface area contributed by atoms with Crippen molar-refractivity contribution in [2.75, 3.05) is 0 Å². The van der Waals surface area contributed by atoms with Gasteiger partial charge in [0, 0.05) is 23.0 Å². The Labute approximate surface area is 149 Å². The lowest BCUT2D eigenvalue weighted by molar-refractivity contribution is 0.0661. The Morgan fingerprint density at radius 2 is 2.12 bits per heavy atom. The van der Waals surface area contributed by atoms with Crippen molar-refractivity contribution in [2.45, 2.75) is 32.4 Å². The van der Waals surface area contributed by atoms with Crippen molar-refractivity contribution in [3.63, 3.8) is 0 Å². The highest BCUT2D eigenvalue weighted by molar-refractivity contribution is 7.09. The highest BCUT2D eigenvalue weighted by Crippen LogP contribution is 2.18. The molecule has 0 radical (unpaired) electrons. The number of nitrogens with zero attached hydrogens (tertiary/aromatic N) is 4. The molecule has 0 saturated heterocycles. The van der Waals surface area contributed by atoms with E-state index >= 15 is 0 Å². The second-order valence-corrected chi connectivity index (χ2v) is 7.11. The summed E-state index contributed by atoms with van der Waals surface area (Å²) >= 11 is 2.75. The van der Waals surface area contributed by atoms with E-state index in [1.807, 2.05) is 28.5 Å². The van der Waals surface area contributed by atoms with Crippen molar-refractivity contribution in [1.29, 1.82) is 0 Å². The van der Waals surface area contributed by atoms with E-state index in [9.17, 15) is 4.79 Å². The SMILES string of the molecule is C[C@H](CCc1ccccc1)N(Cc1nccs1)C(=O)c1csnn1. The number of rotatable bonds is 7. The number of carbonyl (C=O) groups is 1. The molecule has 0 spiro atoms. The Balaban J connectivity index is 1.71. The maximum Gasteiger partial charge on any atom is 0.275 e. The third-order valence-electron chi connectivity index (χ3n) is 3.85. The van der Waals surface area contributed by atoms with Gasteiger partial charge in [-0.1, -0.05) is 34.8 Å². The number of thiazole rings is 1. The predicted octanol–water partition coefficient (Wildman–Crippen LogP) is 3.66. The van der Waals surface area contributed by atoms with E-state index in [-0.39, 0.29) is 11.9 Å². The van der Waals surface area contributed by atoms with Crippen LogP contribution in [0, 0.1) is 0 Å². The number of carbonyl (C=O) groups excluding carboxylic acids is 1. The molecule has 2 heterocycles. The molecule has 0 aliphatic rings. The van der Waals surface area contributed by atoms with E-state index in [0.29, 0.717) is 12.2 Å². The van der Waals surface area contributed by atoms with Crippen molar-refractivity contribution < 1.29 is 4.79 Å². The van der Waals surface area contributed by atoms with Gasteiger partial charge in [-0.3, -0.25) is 4.79 Å². The van der Waals surface area contributed by atoms with E-state index in [1.165, 1.54) is 17.1 Å². The molecule has 3 rings (SSSR count). The molecule has 0 unspecified atom stereocenters. The zero-order valence-electron chi connectivity index (χ0n) is 13.3. The summed E-state index contributed by atoms with van der Waals surface area (Å²) in [6, 6.07) is 10.4. The summed E-state index contributed by atoms with van der Waals surface area (Å²) in [6.07, 6.45) is 3.58. The Hall–Kier alpha value is -2.12. The molecule has 7 heteroatoms. The lowest BCUT2D eigenvalue weighted by Gasteiger charge is -2.28. The van der Waals surface area contributed by atoms with Gasteiger partial charge in [0.15, 0.2) is 5.69 Å². The van der Waals surface area contributed by atoms with Gasteiger partial charge in [0.1, 0.15) is 5.01 Å². The fourth-order valence-corrected chi connectivity index (χ4v) is 3.53. The molecule has 0 bridgehead atoms. The molecule has 2 aromatic heterocycles. The van der Waals surface area contributed by atoms with Gasteiger partial charge in [-0.2, -0.15) is 0 Å². The molecule has 124 valence electrons. The summed E-state index contributed by atoms with van der Waals surface area (Å²) in [5.41, 5.74) is 1.68. The minimum absolute atomic E-state index is 0.0838.